The second kappa shape index (κ2) is 9.95. The van der Waals surface area contributed by atoms with Crippen LogP contribution in [0, 0.1) is 13.8 Å². The van der Waals surface area contributed by atoms with Crippen molar-refractivity contribution in [1.82, 2.24) is 0 Å². The number of benzene rings is 4. The van der Waals surface area contributed by atoms with Gasteiger partial charge in [-0.3, -0.25) is 0 Å². The van der Waals surface area contributed by atoms with Crippen LogP contribution in [-0.2, 0) is 0 Å². The van der Waals surface area contributed by atoms with E-state index in [0.29, 0.717) is 10.0 Å². The first-order valence-corrected chi connectivity index (χ1v) is 11.1. The molecule has 0 aliphatic carbocycles. The maximum atomic E-state index is 6.18. The first-order valence-electron chi connectivity index (χ1n) is 10.3. The Morgan fingerprint density at radius 2 is 0.906 bits per heavy atom. The van der Waals surface area contributed by atoms with E-state index in [0.717, 1.165) is 45.1 Å². The van der Waals surface area contributed by atoms with Crippen molar-refractivity contribution in [3.8, 4) is 0 Å². The van der Waals surface area contributed by atoms with Gasteiger partial charge in [-0.05, 0) is 61.4 Å². The van der Waals surface area contributed by atoms with Gasteiger partial charge >= 0.3 is 0 Å². The summed E-state index contributed by atoms with van der Waals surface area (Å²) in [5.74, 6) is 0. The monoisotopic (exact) mass is 456 g/mol. The molecular formula is C28H22Cl2N2. The molecule has 4 heteroatoms. The van der Waals surface area contributed by atoms with Crippen molar-refractivity contribution in [1.29, 1.82) is 0 Å². The van der Waals surface area contributed by atoms with Crippen molar-refractivity contribution in [3.05, 3.63) is 129 Å². The summed E-state index contributed by atoms with van der Waals surface area (Å²) in [6.45, 7) is 4.02. The van der Waals surface area contributed by atoms with Gasteiger partial charge in [0, 0.05) is 21.2 Å². The van der Waals surface area contributed by atoms with Gasteiger partial charge in [0.2, 0.25) is 0 Å². The Bertz CT molecular complexity index is 1190. The molecule has 0 fully saturated rings. The summed E-state index contributed by atoms with van der Waals surface area (Å²) in [7, 11) is 0. The van der Waals surface area contributed by atoms with E-state index >= 15 is 0 Å². The standard InChI is InChI=1S/C28H22Cl2N2/c1-19-17-23(29)13-15-25(19)31-27(21-9-5-3-6-10-21)28(22-11-7-4-8-12-22)32-26-16-14-24(30)18-20(26)2/h3-18H,1-2H3. The maximum Gasteiger partial charge on any atom is 0.0972 e. The molecule has 0 unspecified atom stereocenters. The molecule has 158 valence electrons. The van der Waals surface area contributed by atoms with Gasteiger partial charge in [0.15, 0.2) is 0 Å². The van der Waals surface area contributed by atoms with Gasteiger partial charge in [-0.1, -0.05) is 83.9 Å². The Kier molecular flexibility index (Phi) is 6.84. The van der Waals surface area contributed by atoms with Crippen molar-refractivity contribution in [2.24, 2.45) is 9.98 Å². The lowest BCUT2D eigenvalue weighted by Gasteiger charge is -2.14. The highest BCUT2D eigenvalue weighted by Crippen LogP contribution is 2.27. The first kappa shape index (κ1) is 22.0. The highest BCUT2D eigenvalue weighted by molar-refractivity contribution is 6.54. The van der Waals surface area contributed by atoms with Crippen molar-refractivity contribution in [2.45, 2.75) is 13.8 Å². The minimum atomic E-state index is 0.691. The molecule has 0 saturated heterocycles. The highest BCUT2D eigenvalue weighted by atomic mass is 35.5. The second-order valence-electron chi connectivity index (χ2n) is 7.51. The van der Waals surface area contributed by atoms with E-state index in [1.807, 2.05) is 86.6 Å². The molecule has 0 N–H and O–H groups in total. The Balaban J connectivity index is 1.99. The molecule has 0 aromatic heterocycles. The average molecular weight is 457 g/mol. The summed E-state index contributed by atoms with van der Waals surface area (Å²) in [4.78, 5) is 10.2. The molecule has 0 heterocycles. The summed E-state index contributed by atoms with van der Waals surface area (Å²) < 4.78 is 0. The number of aryl methyl sites for hydroxylation is 2. The molecule has 0 amide bonds. The molecule has 0 atom stereocenters. The predicted octanol–water partition coefficient (Wildman–Crippen LogP) is 8.55. The summed E-state index contributed by atoms with van der Waals surface area (Å²) in [5, 5.41) is 1.38. The Morgan fingerprint density at radius 3 is 1.25 bits per heavy atom. The van der Waals surface area contributed by atoms with E-state index in [1.54, 1.807) is 0 Å². The van der Waals surface area contributed by atoms with Crippen LogP contribution in [-0.4, -0.2) is 11.4 Å². The number of hydrogen-bond acceptors (Lipinski definition) is 2. The molecule has 32 heavy (non-hydrogen) atoms. The lowest BCUT2D eigenvalue weighted by atomic mass is 9.98. The van der Waals surface area contributed by atoms with Crippen molar-refractivity contribution in [3.63, 3.8) is 0 Å². The SMILES string of the molecule is Cc1cc(Cl)ccc1N=C(C(=Nc1ccc(Cl)cc1C)c1ccccc1)c1ccccc1. The fourth-order valence-corrected chi connectivity index (χ4v) is 3.88. The quantitative estimate of drug-likeness (QED) is 0.268. The molecule has 0 radical (unpaired) electrons. The molecule has 0 spiro atoms. The van der Waals surface area contributed by atoms with Crippen molar-refractivity contribution < 1.29 is 0 Å². The normalized spacial score (nSPS) is 12.1. The molecule has 0 aliphatic heterocycles. The largest absolute Gasteiger partial charge is 0.246 e. The van der Waals surface area contributed by atoms with E-state index < -0.39 is 0 Å². The van der Waals surface area contributed by atoms with Gasteiger partial charge in [0.25, 0.3) is 0 Å². The summed E-state index contributed by atoms with van der Waals surface area (Å²) in [6, 6.07) is 31.7. The number of nitrogens with zero attached hydrogens (tertiary/aromatic N) is 2. The van der Waals surface area contributed by atoms with Crippen molar-refractivity contribution in [2.75, 3.05) is 0 Å². The molecule has 2 nitrogen and oxygen atoms in total. The number of hydrogen-bond donors (Lipinski definition) is 0. The van der Waals surface area contributed by atoms with Gasteiger partial charge in [-0.25, -0.2) is 9.98 Å². The molecule has 0 saturated carbocycles. The topological polar surface area (TPSA) is 24.7 Å². The fourth-order valence-electron chi connectivity index (χ4n) is 3.43. The van der Waals surface area contributed by atoms with Gasteiger partial charge in [-0.2, -0.15) is 0 Å². The summed E-state index contributed by atoms with van der Waals surface area (Å²) in [5.41, 5.74) is 7.25. The smallest absolute Gasteiger partial charge is 0.0972 e. The Morgan fingerprint density at radius 1 is 0.531 bits per heavy atom. The highest BCUT2D eigenvalue weighted by Gasteiger charge is 2.16. The van der Waals surface area contributed by atoms with Gasteiger partial charge in [0.05, 0.1) is 22.8 Å². The molecule has 4 aromatic carbocycles. The number of aliphatic imine (C=N–C) groups is 2. The Labute approximate surface area is 198 Å². The van der Waals surface area contributed by atoms with Crippen LogP contribution in [0.15, 0.2) is 107 Å². The molecule has 4 rings (SSSR count). The first-order chi connectivity index (χ1) is 15.5. The summed E-state index contributed by atoms with van der Waals surface area (Å²) in [6.07, 6.45) is 0. The van der Waals surface area contributed by atoms with E-state index in [4.69, 9.17) is 33.2 Å². The third-order valence-electron chi connectivity index (χ3n) is 5.10. The zero-order valence-corrected chi connectivity index (χ0v) is 19.4. The van der Waals surface area contributed by atoms with E-state index in [9.17, 15) is 0 Å². The summed E-state index contributed by atoms with van der Waals surface area (Å²) >= 11 is 12.4. The van der Waals surface area contributed by atoms with Crippen LogP contribution in [0.2, 0.25) is 10.0 Å². The van der Waals surface area contributed by atoms with Crippen LogP contribution in [0.5, 0.6) is 0 Å². The second-order valence-corrected chi connectivity index (χ2v) is 8.39. The zero-order chi connectivity index (χ0) is 22.5. The van der Waals surface area contributed by atoms with Crippen LogP contribution in [0.1, 0.15) is 22.3 Å². The van der Waals surface area contributed by atoms with Crippen LogP contribution < -0.4 is 0 Å². The fraction of sp³-hybridized carbons (Fsp3) is 0.0714. The third kappa shape index (κ3) is 5.16. The van der Waals surface area contributed by atoms with Crippen LogP contribution in [0.3, 0.4) is 0 Å². The minimum Gasteiger partial charge on any atom is -0.246 e. The van der Waals surface area contributed by atoms with Crippen LogP contribution in [0.4, 0.5) is 11.4 Å². The van der Waals surface area contributed by atoms with Gasteiger partial charge in [0.1, 0.15) is 0 Å². The number of halogens is 2. The van der Waals surface area contributed by atoms with E-state index in [-0.39, 0.29) is 0 Å². The molecule has 4 aromatic rings. The average Bonchev–Trinajstić information content (AvgIpc) is 2.80. The predicted molar refractivity (Wildman–Crippen MR) is 138 cm³/mol. The van der Waals surface area contributed by atoms with E-state index in [1.165, 1.54) is 0 Å². The minimum absolute atomic E-state index is 0.691. The lowest BCUT2D eigenvalue weighted by Crippen LogP contribution is -2.17. The van der Waals surface area contributed by atoms with E-state index in [2.05, 4.69) is 24.3 Å². The molecule has 0 aliphatic rings. The van der Waals surface area contributed by atoms with Gasteiger partial charge < -0.3 is 0 Å². The van der Waals surface area contributed by atoms with Crippen LogP contribution in [0.25, 0.3) is 0 Å². The van der Waals surface area contributed by atoms with Gasteiger partial charge in [-0.15, -0.1) is 0 Å². The Hall–Kier alpha value is -3.20. The van der Waals surface area contributed by atoms with Crippen molar-refractivity contribution >= 4 is 46.0 Å². The van der Waals surface area contributed by atoms with Crippen LogP contribution >= 0.6 is 23.2 Å². The number of rotatable bonds is 5. The third-order valence-corrected chi connectivity index (χ3v) is 5.57. The lowest BCUT2D eigenvalue weighted by molar-refractivity contribution is 1.38. The maximum absolute atomic E-state index is 6.18. The zero-order valence-electron chi connectivity index (χ0n) is 17.9. The molecular weight excluding hydrogens is 435 g/mol. The molecule has 0 bridgehead atoms.